The SMILES string of the molecule is C=C(C)CCC(CCCCCCC)NCC. The molecule has 0 bridgehead atoms. The first-order valence-electron chi connectivity index (χ1n) is 7.08. The lowest BCUT2D eigenvalue weighted by Gasteiger charge is -2.17. The lowest BCUT2D eigenvalue weighted by molar-refractivity contribution is 0.439. The van der Waals surface area contributed by atoms with Gasteiger partial charge in [0.1, 0.15) is 0 Å². The van der Waals surface area contributed by atoms with Crippen LogP contribution in [0.1, 0.15) is 72.1 Å². The summed E-state index contributed by atoms with van der Waals surface area (Å²) in [6.45, 7) is 11.7. The number of hydrogen-bond acceptors (Lipinski definition) is 1. The van der Waals surface area contributed by atoms with E-state index in [-0.39, 0.29) is 0 Å². The fraction of sp³-hybridized carbons (Fsp3) is 0.867. The van der Waals surface area contributed by atoms with Gasteiger partial charge in [-0.2, -0.15) is 0 Å². The predicted octanol–water partition coefficient (Wildman–Crippen LogP) is 4.68. The number of nitrogens with one attached hydrogen (secondary N) is 1. The van der Waals surface area contributed by atoms with Gasteiger partial charge in [0.15, 0.2) is 0 Å². The van der Waals surface area contributed by atoms with E-state index in [1.165, 1.54) is 56.9 Å². The van der Waals surface area contributed by atoms with Crippen molar-refractivity contribution in [3.05, 3.63) is 12.2 Å². The van der Waals surface area contributed by atoms with E-state index in [2.05, 4.69) is 32.7 Å². The Morgan fingerprint density at radius 1 is 1.06 bits per heavy atom. The van der Waals surface area contributed by atoms with Gasteiger partial charge in [0.2, 0.25) is 0 Å². The third kappa shape index (κ3) is 10.2. The maximum atomic E-state index is 3.98. The summed E-state index contributed by atoms with van der Waals surface area (Å²) in [7, 11) is 0. The van der Waals surface area contributed by atoms with Crippen LogP contribution < -0.4 is 5.32 Å². The highest BCUT2D eigenvalue weighted by molar-refractivity contribution is 4.89. The Kier molecular flexibility index (Phi) is 11.0. The molecule has 0 aromatic heterocycles. The minimum Gasteiger partial charge on any atom is -0.314 e. The summed E-state index contributed by atoms with van der Waals surface area (Å²) in [4.78, 5) is 0. The van der Waals surface area contributed by atoms with E-state index in [0.717, 1.165) is 6.54 Å². The van der Waals surface area contributed by atoms with Crippen molar-refractivity contribution in [3.63, 3.8) is 0 Å². The van der Waals surface area contributed by atoms with Crippen LogP contribution in [0.4, 0.5) is 0 Å². The molecule has 0 aromatic carbocycles. The van der Waals surface area contributed by atoms with Gasteiger partial charge in [-0.05, 0) is 32.7 Å². The molecule has 0 radical (unpaired) electrons. The van der Waals surface area contributed by atoms with Gasteiger partial charge in [0.05, 0.1) is 0 Å². The molecule has 16 heavy (non-hydrogen) atoms. The summed E-state index contributed by atoms with van der Waals surface area (Å²) in [5.41, 5.74) is 1.31. The van der Waals surface area contributed by atoms with Gasteiger partial charge in [-0.15, -0.1) is 6.58 Å². The molecule has 0 amide bonds. The Hall–Kier alpha value is -0.300. The van der Waals surface area contributed by atoms with Gasteiger partial charge < -0.3 is 5.32 Å². The predicted molar refractivity (Wildman–Crippen MR) is 74.9 cm³/mol. The molecular weight excluding hydrogens is 194 g/mol. The monoisotopic (exact) mass is 225 g/mol. The van der Waals surface area contributed by atoms with Crippen molar-refractivity contribution in [1.29, 1.82) is 0 Å². The number of hydrogen-bond donors (Lipinski definition) is 1. The maximum Gasteiger partial charge on any atom is 0.00699 e. The van der Waals surface area contributed by atoms with E-state index in [1.54, 1.807) is 0 Å². The van der Waals surface area contributed by atoms with E-state index in [9.17, 15) is 0 Å². The van der Waals surface area contributed by atoms with Crippen LogP contribution in [0.25, 0.3) is 0 Å². The van der Waals surface area contributed by atoms with E-state index in [0.29, 0.717) is 6.04 Å². The lowest BCUT2D eigenvalue weighted by atomic mass is 10.0. The summed E-state index contributed by atoms with van der Waals surface area (Å²) in [6.07, 6.45) is 10.7. The largest absolute Gasteiger partial charge is 0.314 e. The highest BCUT2D eigenvalue weighted by Crippen LogP contribution is 2.12. The number of unbranched alkanes of at least 4 members (excludes halogenated alkanes) is 4. The van der Waals surface area contributed by atoms with Crippen molar-refractivity contribution >= 4 is 0 Å². The second-order valence-corrected chi connectivity index (χ2v) is 4.95. The molecule has 0 aliphatic rings. The van der Waals surface area contributed by atoms with Gasteiger partial charge in [0.25, 0.3) is 0 Å². The zero-order chi connectivity index (χ0) is 12.2. The van der Waals surface area contributed by atoms with Crippen molar-refractivity contribution in [1.82, 2.24) is 5.32 Å². The Balaban J connectivity index is 3.55. The Bertz CT molecular complexity index is 163. The highest BCUT2D eigenvalue weighted by Gasteiger charge is 2.06. The van der Waals surface area contributed by atoms with Crippen molar-refractivity contribution in [2.24, 2.45) is 0 Å². The molecule has 0 rings (SSSR count). The zero-order valence-electron chi connectivity index (χ0n) is 11.6. The lowest BCUT2D eigenvalue weighted by Crippen LogP contribution is -2.28. The molecule has 0 saturated heterocycles. The Labute approximate surface area is 103 Å². The zero-order valence-corrected chi connectivity index (χ0v) is 11.6. The molecular formula is C15H31N. The van der Waals surface area contributed by atoms with Gasteiger partial charge in [-0.3, -0.25) is 0 Å². The van der Waals surface area contributed by atoms with Gasteiger partial charge in [-0.1, -0.05) is 51.5 Å². The minimum atomic E-state index is 0.711. The van der Waals surface area contributed by atoms with Crippen molar-refractivity contribution in [2.75, 3.05) is 6.54 Å². The molecule has 1 heteroatoms. The molecule has 1 N–H and O–H groups in total. The number of rotatable bonds is 11. The van der Waals surface area contributed by atoms with Crippen LogP contribution >= 0.6 is 0 Å². The third-order valence-electron chi connectivity index (χ3n) is 3.07. The molecule has 1 nitrogen and oxygen atoms in total. The van der Waals surface area contributed by atoms with Crippen LogP contribution in [0.15, 0.2) is 12.2 Å². The molecule has 96 valence electrons. The normalized spacial score (nSPS) is 12.7. The van der Waals surface area contributed by atoms with Crippen LogP contribution in [0.2, 0.25) is 0 Å². The second-order valence-electron chi connectivity index (χ2n) is 4.95. The molecule has 0 aromatic rings. The first-order valence-corrected chi connectivity index (χ1v) is 7.08. The molecule has 0 heterocycles. The quantitative estimate of drug-likeness (QED) is 0.397. The van der Waals surface area contributed by atoms with Gasteiger partial charge >= 0.3 is 0 Å². The topological polar surface area (TPSA) is 12.0 Å². The van der Waals surface area contributed by atoms with E-state index in [4.69, 9.17) is 0 Å². The van der Waals surface area contributed by atoms with E-state index in [1.807, 2.05) is 0 Å². The summed E-state index contributed by atoms with van der Waals surface area (Å²) in [5.74, 6) is 0. The average Bonchev–Trinajstić information content (AvgIpc) is 2.25. The van der Waals surface area contributed by atoms with Crippen molar-refractivity contribution < 1.29 is 0 Å². The molecule has 0 aliphatic heterocycles. The molecule has 0 saturated carbocycles. The fourth-order valence-corrected chi connectivity index (χ4v) is 2.05. The standard InChI is InChI=1S/C15H31N/c1-5-7-8-9-10-11-15(16-6-2)13-12-14(3)4/h15-16H,3,5-13H2,1-2,4H3. The fourth-order valence-electron chi connectivity index (χ4n) is 2.05. The van der Waals surface area contributed by atoms with Crippen LogP contribution in [-0.4, -0.2) is 12.6 Å². The van der Waals surface area contributed by atoms with Gasteiger partial charge in [-0.25, -0.2) is 0 Å². The van der Waals surface area contributed by atoms with E-state index >= 15 is 0 Å². The Morgan fingerprint density at radius 2 is 1.75 bits per heavy atom. The average molecular weight is 225 g/mol. The third-order valence-corrected chi connectivity index (χ3v) is 3.07. The van der Waals surface area contributed by atoms with Gasteiger partial charge in [0, 0.05) is 6.04 Å². The Morgan fingerprint density at radius 3 is 2.31 bits per heavy atom. The molecule has 0 aliphatic carbocycles. The second kappa shape index (κ2) is 11.2. The first kappa shape index (κ1) is 15.7. The summed E-state index contributed by atoms with van der Waals surface area (Å²) in [6, 6.07) is 0.711. The maximum absolute atomic E-state index is 3.98. The highest BCUT2D eigenvalue weighted by atomic mass is 14.9. The first-order chi connectivity index (χ1) is 7.70. The van der Waals surface area contributed by atoms with Crippen LogP contribution in [0.5, 0.6) is 0 Å². The summed E-state index contributed by atoms with van der Waals surface area (Å²) >= 11 is 0. The minimum absolute atomic E-state index is 0.711. The molecule has 1 unspecified atom stereocenters. The van der Waals surface area contributed by atoms with Crippen LogP contribution in [0, 0.1) is 0 Å². The number of allylic oxidation sites excluding steroid dienone is 1. The summed E-state index contributed by atoms with van der Waals surface area (Å²) < 4.78 is 0. The van der Waals surface area contributed by atoms with Crippen LogP contribution in [-0.2, 0) is 0 Å². The van der Waals surface area contributed by atoms with Crippen molar-refractivity contribution in [3.8, 4) is 0 Å². The molecule has 0 spiro atoms. The van der Waals surface area contributed by atoms with Crippen LogP contribution in [0.3, 0.4) is 0 Å². The molecule has 0 fully saturated rings. The molecule has 1 atom stereocenters. The smallest absolute Gasteiger partial charge is 0.00699 e. The van der Waals surface area contributed by atoms with Crippen molar-refractivity contribution in [2.45, 2.75) is 78.2 Å². The van der Waals surface area contributed by atoms with E-state index < -0.39 is 0 Å². The summed E-state index contributed by atoms with van der Waals surface area (Å²) in [5, 5.41) is 3.59.